The van der Waals surface area contributed by atoms with Gasteiger partial charge in [0.1, 0.15) is 0 Å². The molecule has 1 heterocycles. The lowest BCUT2D eigenvalue weighted by molar-refractivity contribution is 0.0947. The summed E-state index contributed by atoms with van der Waals surface area (Å²) < 4.78 is 1.62. The normalized spacial score (nSPS) is 11.0. The topological polar surface area (TPSA) is 63.1 Å². The smallest absolute Gasteiger partial charge is 0.273 e. The second kappa shape index (κ2) is 8.43. The first kappa shape index (κ1) is 17.1. The lowest BCUT2D eigenvalue weighted by atomic mass is 10.2. The Hall–Kier alpha value is -2.21. The fourth-order valence-electron chi connectivity index (χ4n) is 2.33. The van der Waals surface area contributed by atoms with Gasteiger partial charge in [-0.15, -0.1) is 5.10 Å². The summed E-state index contributed by atoms with van der Waals surface area (Å²) in [5.74, 6) is -0.178. The number of amides is 1. The summed E-state index contributed by atoms with van der Waals surface area (Å²) in [6, 6.07) is 7.92. The Morgan fingerprint density at radius 1 is 1.22 bits per heavy atom. The Kier molecular flexibility index (Phi) is 6.29. The van der Waals surface area contributed by atoms with Gasteiger partial charge in [-0.2, -0.15) is 0 Å². The van der Waals surface area contributed by atoms with Crippen molar-refractivity contribution in [3.05, 3.63) is 41.7 Å². The van der Waals surface area contributed by atoms with Gasteiger partial charge in [-0.25, -0.2) is 4.68 Å². The average Bonchev–Trinajstić information content (AvgIpc) is 3.05. The van der Waals surface area contributed by atoms with E-state index in [4.69, 9.17) is 0 Å². The number of hydrogen-bond acceptors (Lipinski definition) is 4. The fourth-order valence-corrected chi connectivity index (χ4v) is 2.33. The van der Waals surface area contributed by atoms with Gasteiger partial charge in [-0.1, -0.05) is 36.8 Å². The van der Waals surface area contributed by atoms with E-state index in [9.17, 15) is 4.79 Å². The van der Waals surface area contributed by atoms with E-state index in [0.717, 1.165) is 31.7 Å². The minimum Gasteiger partial charge on any atom is -0.351 e. The Morgan fingerprint density at radius 3 is 2.57 bits per heavy atom. The average molecular weight is 315 g/mol. The van der Waals surface area contributed by atoms with Crippen LogP contribution in [0.25, 0.3) is 5.69 Å². The third-order valence-electron chi connectivity index (χ3n) is 3.86. The number of nitrogens with one attached hydrogen (secondary N) is 1. The first-order valence-electron chi connectivity index (χ1n) is 8.14. The van der Waals surface area contributed by atoms with Gasteiger partial charge in [0.05, 0.1) is 11.9 Å². The van der Waals surface area contributed by atoms with E-state index in [1.807, 2.05) is 31.2 Å². The molecule has 0 aliphatic carbocycles. The molecule has 0 aliphatic rings. The molecule has 2 rings (SSSR count). The number of aryl methyl sites for hydroxylation is 1. The van der Waals surface area contributed by atoms with Crippen LogP contribution in [0.15, 0.2) is 30.5 Å². The molecule has 0 saturated carbocycles. The maximum atomic E-state index is 12.1. The molecule has 0 aliphatic heterocycles. The third kappa shape index (κ3) is 4.89. The Balaban J connectivity index is 1.85. The molecule has 0 atom stereocenters. The second-order valence-corrected chi connectivity index (χ2v) is 5.52. The molecule has 0 spiro atoms. The number of carbonyl (C=O) groups excluding carboxylic acids is 1. The number of carbonyl (C=O) groups is 1. The van der Waals surface area contributed by atoms with Crippen molar-refractivity contribution >= 4 is 5.91 Å². The predicted molar refractivity (Wildman–Crippen MR) is 90.8 cm³/mol. The molecule has 1 amide bonds. The van der Waals surface area contributed by atoms with Crippen molar-refractivity contribution < 1.29 is 4.79 Å². The number of benzene rings is 1. The van der Waals surface area contributed by atoms with Crippen LogP contribution in [0.1, 0.15) is 36.3 Å². The third-order valence-corrected chi connectivity index (χ3v) is 3.86. The van der Waals surface area contributed by atoms with Crippen LogP contribution in [-0.2, 0) is 0 Å². The lowest BCUT2D eigenvalue weighted by Crippen LogP contribution is -2.30. The number of rotatable bonds is 8. The molecule has 6 heteroatoms. The van der Waals surface area contributed by atoms with Crippen molar-refractivity contribution in [1.29, 1.82) is 0 Å². The molecule has 1 N–H and O–H groups in total. The van der Waals surface area contributed by atoms with Crippen molar-refractivity contribution in [2.75, 3.05) is 26.2 Å². The highest BCUT2D eigenvalue weighted by Gasteiger charge is 2.11. The summed E-state index contributed by atoms with van der Waals surface area (Å²) in [6.45, 7) is 10.0. The van der Waals surface area contributed by atoms with Crippen molar-refractivity contribution in [2.45, 2.75) is 27.2 Å². The second-order valence-electron chi connectivity index (χ2n) is 5.52. The summed E-state index contributed by atoms with van der Waals surface area (Å²) in [6.07, 6.45) is 2.59. The molecule has 124 valence electrons. The van der Waals surface area contributed by atoms with Crippen LogP contribution in [0.3, 0.4) is 0 Å². The maximum Gasteiger partial charge on any atom is 0.273 e. The molecule has 2 aromatic rings. The zero-order valence-corrected chi connectivity index (χ0v) is 14.1. The van der Waals surface area contributed by atoms with E-state index >= 15 is 0 Å². The van der Waals surface area contributed by atoms with Crippen LogP contribution in [0, 0.1) is 6.92 Å². The van der Waals surface area contributed by atoms with Crippen molar-refractivity contribution in [1.82, 2.24) is 25.2 Å². The summed E-state index contributed by atoms with van der Waals surface area (Å²) in [7, 11) is 0. The maximum absolute atomic E-state index is 12.1. The highest BCUT2D eigenvalue weighted by Crippen LogP contribution is 2.08. The number of aromatic nitrogens is 3. The van der Waals surface area contributed by atoms with E-state index in [2.05, 4.69) is 34.4 Å². The van der Waals surface area contributed by atoms with Crippen LogP contribution in [0.4, 0.5) is 0 Å². The van der Waals surface area contributed by atoms with Crippen LogP contribution in [0.2, 0.25) is 0 Å². The Morgan fingerprint density at radius 2 is 1.91 bits per heavy atom. The highest BCUT2D eigenvalue weighted by molar-refractivity contribution is 5.91. The summed E-state index contributed by atoms with van der Waals surface area (Å²) in [5, 5.41) is 10.9. The molecule has 0 unspecified atom stereocenters. The number of nitrogens with zero attached hydrogens (tertiary/aromatic N) is 4. The SMILES string of the molecule is CCN(CC)CCCNC(=O)c1cn(-c2ccc(C)cc2)nn1. The van der Waals surface area contributed by atoms with Gasteiger partial charge in [0.15, 0.2) is 5.69 Å². The standard InChI is InChI=1S/C17H25N5O/c1-4-21(5-2)12-6-11-18-17(23)16-13-22(20-19-16)15-9-7-14(3)8-10-15/h7-10,13H,4-6,11-12H2,1-3H3,(H,18,23). The molecule has 0 radical (unpaired) electrons. The quantitative estimate of drug-likeness (QED) is 0.757. The Bertz CT molecular complexity index is 616. The first-order valence-corrected chi connectivity index (χ1v) is 8.14. The molecule has 1 aromatic heterocycles. The summed E-state index contributed by atoms with van der Waals surface area (Å²) in [4.78, 5) is 14.4. The minimum atomic E-state index is -0.178. The van der Waals surface area contributed by atoms with Gasteiger partial charge in [0.2, 0.25) is 0 Å². The first-order chi connectivity index (χ1) is 11.1. The van der Waals surface area contributed by atoms with Gasteiger partial charge in [-0.3, -0.25) is 4.79 Å². The lowest BCUT2D eigenvalue weighted by Gasteiger charge is -2.17. The van der Waals surface area contributed by atoms with Gasteiger partial charge >= 0.3 is 0 Å². The largest absolute Gasteiger partial charge is 0.351 e. The van der Waals surface area contributed by atoms with Crippen LogP contribution < -0.4 is 5.32 Å². The van der Waals surface area contributed by atoms with E-state index in [1.54, 1.807) is 10.9 Å². The zero-order chi connectivity index (χ0) is 16.7. The fraction of sp³-hybridized carbons (Fsp3) is 0.471. The summed E-state index contributed by atoms with van der Waals surface area (Å²) >= 11 is 0. The minimum absolute atomic E-state index is 0.178. The molecular weight excluding hydrogens is 290 g/mol. The molecule has 0 fully saturated rings. The van der Waals surface area contributed by atoms with Crippen molar-refractivity contribution in [3.63, 3.8) is 0 Å². The van der Waals surface area contributed by atoms with Gasteiger partial charge < -0.3 is 10.2 Å². The van der Waals surface area contributed by atoms with Crippen LogP contribution >= 0.6 is 0 Å². The van der Waals surface area contributed by atoms with Gasteiger partial charge in [0.25, 0.3) is 5.91 Å². The Labute approximate surface area is 137 Å². The van der Waals surface area contributed by atoms with Gasteiger partial charge in [-0.05, 0) is 45.1 Å². The molecule has 23 heavy (non-hydrogen) atoms. The molecule has 6 nitrogen and oxygen atoms in total. The molecule has 0 bridgehead atoms. The van der Waals surface area contributed by atoms with E-state index in [0.29, 0.717) is 12.2 Å². The van der Waals surface area contributed by atoms with Crippen molar-refractivity contribution in [2.24, 2.45) is 0 Å². The zero-order valence-electron chi connectivity index (χ0n) is 14.1. The summed E-state index contributed by atoms with van der Waals surface area (Å²) in [5.41, 5.74) is 2.41. The van der Waals surface area contributed by atoms with Gasteiger partial charge in [0, 0.05) is 6.54 Å². The molecular formula is C17H25N5O. The number of hydrogen-bond donors (Lipinski definition) is 1. The van der Waals surface area contributed by atoms with E-state index < -0.39 is 0 Å². The van der Waals surface area contributed by atoms with E-state index in [1.165, 1.54) is 5.56 Å². The highest BCUT2D eigenvalue weighted by atomic mass is 16.2. The molecule has 1 aromatic carbocycles. The monoisotopic (exact) mass is 315 g/mol. The van der Waals surface area contributed by atoms with E-state index in [-0.39, 0.29) is 5.91 Å². The van der Waals surface area contributed by atoms with Crippen molar-refractivity contribution in [3.8, 4) is 5.69 Å². The molecule has 0 saturated heterocycles. The van der Waals surface area contributed by atoms with Crippen LogP contribution in [0.5, 0.6) is 0 Å². The van der Waals surface area contributed by atoms with Crippen LogP contribution in [-0.4, -0.2) is 52.0 Å². The predicted octanol–water partition coefficient (Wildman–Crippen LogP) is 2.04.